The molecule has 90 valence electrons. The lowest BCUT2D eigenvalue weighted by Gasteiger charge is -2.32. The third-order valence-corrected chi connectivity index (χ3v) is 2.63. The molecule has 1 saturated heterocycles. The topological polar surface area (TPSA) is 58.7 Å². The number of nitrogens with two attached hydrogens (primary N) is 1. The average Bonchev–Trinajstić information content (AvgIpc) is 2.15. The van der Waals surface area contributed by atoms with Gasteiger partial charge in [0.15, 0.2) is 0 Å². The van der Waals surface area contributed by atoms with Crippen LogP contribution in [0.3, 0.4) is 0 Å². The molecule has 0 saturated carbocycles. The second-order valence-corrected chi connectivity index (χ2v) is 4.70. The summed E-state index contributed by atoms with van der Waals surface area (Å²) in [4.78, 5) is 2.22. The summed E-state index contributed by atoms with van der Waals surface area (Å²) < 4.78 is 5.36. The lowest BCUT2D eigenvalue weighted by Crippen LogP contribution is -2.46. The van der Waals surface area contributed by atoms with E-state index in [1.807, 2.05) is 13.8 Å². The molecular formula is C11H24N2O2. The number of hydrogen-bond donors (Lipinski definition) is 2. The van der Waals surface area contributed by atoms with E-state index in [-0.39, 0.29) is 12.1 Å². The fraction of sp³-hybridized carbons (Fsp3) is 1.00. The molecule has 2 unspecified atom stereocenters. The smallest absolute Gasteiger partial charge is 0.0900 e. The number of ether oxygens (including phenoxy) is 1. The summed E-state index contributed by atoms with van der Waals surface area (Å²) in [6, 6.07) is 0.275. The fourth-order valence-electron chi connectivity index (χ4n) is 1.91. The maximum Gasteiger partial charge on any atom is 0.0900 e. The Morgan fingerprint density at radius 3 is 2.87 bits per heavy atom. The molecule has 0 aromatic rings. The molecule has 0 aromatic carbocycles. The number of aliphatic hydroxyl groups is 1. The second kappa shape index (κ2) is 6.43. The van der Waals surface area contributed by atoms with Gasteiger partial charge in [0, 0.05) is 19.1 Å². The second-order valence-electron chi connectivity index (χ2n) is 4.70. The summed E-state index contributed by atoms with van der Waals surface area (Å²) in [6.07, 6.45) is 2.04. The summed E-state index contributed by atoms with van der Waals surface area (Å²) in [5.74, 6) is 0. The molecule has 1 heterocycles. The Bertz CT molecular complexity index is 176. The Morgan fingerprint density at radius 1 is 1.53 bits per heavy atom. The predicted molar refractivity (Wildman–Crippen MR) is 60.7 cm³/mol. The lowest BCUT2D eigenvalue weighted by molar-refractivity contribution is -0.0114. The molecule has 4 nitrogen and oxygen atoms in total. The standard InChI is InChI=1S/C11H24N2O2/c1-9(2)15-8-11(14)7-13-5-3-4-10(12)6-13/h9-11,14H,3-8,12H2,1-2H3. The summed E-state index contributed by atoms with van der Waals surface area (Å²) in [5, 5.41) is 9.73. The average molecular weight is 216 g/mol. The minimum atomic E-state index is -0.391. The molecule has 0 radical (unpaired) electrons. The van der Waals surface area contributed by atoms with Gasteiger partial charge < -0.3 is 15.6 Å². The molecule has 0 aromatic heterocycles. The molecule has 15 heavy (non-hydrogen) atoms. The van der Waals surface area contributed by atoms with E-state index in [0.717, 1.165) is 25.9 Å². The highest BCUT2D eigenvalue weighted by Gasteiger charge is 2.19. The van der Waals surface area contributed by atoms with Gasteiger partial charge in [-0.3, -0.25) is 4.90 Å². The van der Waals surface area contributed by atoms with Crippen LogP contribution in [0.2, 0.25) is 0 Å². The van der Waals surface area contributed by atoms with Gasteiger partial charge in [0.1, 0.15) is 0 Å². The van der Waals surface area contributed by atoms with Crippen molar-refractivity contribution in [2.45, 2.75) is 44.9 Å². The van der Waals surface area contributed by atoms with Gasteiger partial charge >= 0.3 is 0 Å². The first-order valence-electron chi connectivity index (χ1n) is 5.85. The summed E-state index contributed by atoms with van der Waals surface area (Å²) in [6.45, 7) is 7.00. The Morgan fingerprint density at radius 2 is 2.27 bits per heavy atom. The van der Waals surface area contributed by atoms with Crippen molar-refractivity contribution >= 4 is 0 Å². The minimum Gasteiger partial charge on any atom is -0.389 e. The number of piperidine rings is 1. The summed E-state index contributed by atoms with van der Waals surface area (Å²) >= 11 is 0. The maximum absolute atomic E-state index is 9.73. The zero-order chi connectivity index (χ0) is 11.3. The first-order valence-corrected chi connectivity index (χ1v) is 5.85. The van der Waals surface area contributed by atoms with Crippen molar-refractivity contribution in [2.24, 2.45) is 5.73 Å². The number of likely N-dealkylation sites (tertiary alicyclic amines) is 1. The fourth-order valence-corrected chi connectivity index (χ4v) is 1.91. The SMILES string of the molecule is CC(C)OCC(O)CN1CCCC(N)C1. The third kappa shape index (κ3) is 5.47. The highest BCUT2D eigenvalue weighted by molar-refractivity contribution is 4.76. The molecule has 0 bridgehead atoms. The van der Waals surface area contributed by atoms with Crippen molar-refractivity contribution in [1.82, 2.24) is 4.90 Å². The van der Waals surface area contributed by atoms with Gasteiger partial charge in [0.2, 0.25) is 0 Å². The highest BCUT2D eigenvalue weighted by atomic mass is 16.5. The lowest BCUT2D eigenvalue weighted by atomic mass is 10.1. The van der Waals surface area contributed by atoms with Crippen molar-refractivity contribution in [3.8, 4) is 0 Å². The van der Waals surface area contributed by atoms with E-state index in [9.17, 15) is 5.11 Å². The normalized spacial score (nSPS) is 25.8. The van der Waals surface area contributed by atoms with Crippen LogP contribution in [0.15, 0.2) is 0 Å². The molecule has 0 amide bonds. The van der Waals surface area contributed by atoms with E-state index < -0.39 is 6.10 Å². The predicted octanol–water partition coefficient (Wildman–Crippen LogP) is 0.195. The quantitative estimate of drug-likeness (QED) is 0.689. The van der Waals surface area contributed by atoms with Crippen LogP contribution >= 0.6 is 0 Å². The van der Waals surface area contributed by atoms with Crippen molar-refractivity contribution in [2.75, 3.05) is 26.2 Å². The Labute approximate surface area is 92.4 Å². The van der Waals surface area contributed by atoms with Gasteiger partial charge in [-0.25, -0.2) is 0 Å². The van der Waals surface area contributed by atoms with Gasteiger partial charge in [-0.2, -0.15) is 0 Å². The Balaban J connectivity index is 2.16. The van der Waals surface area contributed by atoms with Crippen LogP contribution in [-0.4, -0.2) is 54.5 Å². The first-order chi connectivity index (χ1) is 7.08. The summed E-state index contributed by atoms with van der Waals surface area (Å²) in [5.41, 5.74) is 5.87. The van der Waals surface area contributed by atoms with Crippen molar-refractivity contribution in [3.05, 3.63) is 0 Å². The van der Waals surface area contributed by atoms with Crippen LogP contribution < -0.4 is 5.73 Å². The molecule has 0 aliphatic carbocycles. The van der Waals surface area contributed by atoms with Gasteiger partial charge in [-0.1, -0.05) is 0 Å². The number of nitrogens with zero attached hydrogens (tertiary/aromatic N) is 1. The van der Waals surface area contributed by atoms with E-state index >= 15 is 0 Å². The van der Waals surface area contributed by atoms with Crippen molar-refractivity contribution < 1.29 is 9.84 Å². The van der Waals surface area contributed by atoms with Crippen LogP contribution in [0.1, 0.15) is 26.7 Å². The molecular weight excluding hydrogens is 192 g/mol. The highest BCUT2D eigenvalue weighted by Crippen LogP contribution is 2.08. The minimum absolute atomic E-state index is 0.184. The molecule has 2 atom stereocenters. The first kappa shape index (κ1) is 12.9. The largest absolute Gasteiger partial charge is 0.389 e. The molecule has 1 fully saturated rings. The van der Waals surface area contributed by atoms with Crippen molar-refractivity contribution in [3.63, 3.8) is 0 Å². The molecule has 1 aliphatic heterocycles. The molecule has 1 rings (SSSR count). The van der Waals surface area contributed by atoms with Crippen LogP contribution in [0.4, 0.5) is 0 Å². The van der Waals surface area contributed by atoms with E-state index in [0.29, 0.717) is 13.2 Å². The summed E-state index contributed by atoms with van der Waals surface area (Å²) in [7, 11) is 0. The molecule has 1 aliphatic rings. The van der Waals surface area contributed by atoms with Gasteiger partial charge in [-0.15, -0.1) is 0 Å². The maximum atomic E-state index is 9.73. The number of rotatable bonds is 5. The van der Waals surface area contributed by atoms with E-state index in [1.54, 1.807) is 0 Å². The molecule has 0 spiro atoms. The molecule has 3 N–H and O–H groups in total. The molecule has 4 heteroatoms. The third-order valence-electron chi connectivity index (χ3n) is 2.63. The van der Waals surface area contributed by atoms with Gasteiger partial charge in [0.05, 0.1) is 18.8 Å². The number of aliphatic hydroxyl groups excluding tert-OH is 1. The number of β-amino-alcohol motifs (C(OH)–C–C–N with tert-alkyl or cyclic N) is 1. The van der Waals surface area contributed by atoms with Crippen LogP contribution in [0.25, 0.3) is 0 Å². The zero-order valence-corrected chi connectivity index (χ0v) is 9.85. The van der Waals surface area contributed by atoms with Crippen LogP contribution in [-0.2, 0) is 4.74 Å². The number of hydrogen-bond acceptors (Lipinski definition) is 4. The van der Waals surface area contributed by atoms with E-state index in [2.05, 4.69) is 4.90 Å². The van der Waals surface area contributed by atoms with Gasteiger partial charge in [0.25, 0.3) is 0 Å². The Kier molecular flexibility index (Phi) is 5.53. The van der Waals surface area contributed by atoms with Gasteiger partial charge in [-0.05, 0) is 33.2 Å². The van der Waals surface area contributed by atoms with E-state index in [1.165, 1.54) is 0 Å². The van der Waals surface area contributed by atoms with Crippen molar-refractivity contribution in [1.29, 1.82) is 0 Å². The van der Waals surface area contributed by atoms with E-state index in [4.69, 9.17) is 10.5 Å². The Hall–Kier alpha value is -0.160. The van der Waals surface area contributed by atoms with Crippen LogP contribution in [0, 0.1) is 0 Å². The van der Waals surface area contributed by atoms with Crippen LogP contribution in [0.5, 0.6) is 0 Å². The zero-order valence-electron chi connectivity index (χ0n) is 9.85. The monoisotopic (exact) mass is 216 g/mol.